The van der Waals surface area contributed by atoms with Crippen molar-refractivity contribution in [2.24, 2.45) is 0 Å². The van der Waals surface area contributed by atoms with Crippen LogP contribution in [0.25, 0.3) is 11.3 Å². The molecule has 98 valence electrons. The van der Waals surface area contributed by atoms with Crippen LogP contribution in [-0.2, 0) is 4.74 Å². The lowest BCUT2D eigenvalue weighted by atomic mass is 10.1. The Morgan fingerprint density at radius 1 is 1.16 bits per heavy atom. The summed E-state index contributed by atoms with van der Waals surface area (Å²) < 4.78 is 4.62. The molecule has 3 nitrogen and oxygen atoms in total. The number of carbonyl (C=O) groups is 1. The molecular weight excluding hydrogens is 309 g/mol. The van der Waals surface area contributed by atoms with Crippen LogP contribution >= 0.6 is 34.8 Å². The van der Waals surface area contributed by atoms with Crippen molar-refractivity contribution in [3.05, 3.63) is 51.1 Å². The van der Waals surface area contributed by atoms with E-state index < -0.39 is 5.97 Å². The fourth-order valence-corrected chi connectivity index (χ4v) is 1.99. The number of pyridine rings is 1. The van der Waals surface area contributed by atoms with E-state index in [9.17, 15) is 4.79 Å². The topological polar surface area (TPSA) is 39.2 Å². The predicted molar refractivity (Wildman–Crippen MR) is 76.0 cm³/mol. The summed E-state index contributed by atoms with van der Waals surface area (Å²) in [4.78, 5) is 15.7. The van der Waals surface area contributed by atoms with Crippen LogP contribution in [0.3, 0.4) is 0 Å². The molecule has 0 aliphatic rings. The maximum atomic E-state index is 11.6. The lowest BCUT2D eigenvalue weighted by Crippen LogP contribution is -2.06. The van der Waals surface area contributed by atoms with Crippen LogP contribution in [0.5, 0.6) is 0 Å². The molecule has 2 rings (SSSR count). The minimum absolute atomic E-state index is 0.0124. The van der Waals surface area contributed by atoms with E-state index in [1.165, 1.54) is 7.11 Å². The standard InChI is InChI=1S/C13H8Cl3NO2/c1-19-13(18)12-11(16)9(15)6-10(17-12)7-2-4-8(14)5-3-7/h2-6H,1H3. The van der Waals surface area contributed by atoms with Gasteiger partial charge in [-0.2, -0.15) is 0 Å². The van der Waals surface area contributed by atoms with Gasteiger partial charge < -0.3 is 4.74 Å². The molecule has 0 N–H and O–H groups in total. The van der Waals surface area contributed by atoms with Gasteiger partial charge in [-0.25, -0.2) is 9.78 Å². The maximum absolute atomic E-state index is 11.6. The van der Waals surface area contributed by atoms with Gasteiger partial charge in [0.05, 0.1) is 22.8 Å². The molecule has 1 aromatic heterocycles. The van der Waals surface area contributed by atoms with Crippen molar-refractivity contribution in [3.8, 4) is 11.3 Å². The van der Waals surface area contributed by atoms with Crippen molar-refractivity contribution in [2.45, 2.75) is 0 Å². The van der Waals surface area contributed by atoms with Crippen molar-refractivity contribution < 1.29 is 9.53 Å². The predicted octanol–water partition coefficient (Wildman–Crippen LogP) is 4.50. The SMILES string of the molecule is COC(=O)c1nc(-c2ccc(Cl)cc2)cc(Cl)c1Cl. The summed E-state index contributed by atoms with van der Waals surface area (Å²) in [6.07, 6.45) is 0. The largest absolute Gasteiger partial charge is 0.464 e. The number of rotatable bonds is 2. The van der Waals surface area contributed by atoms with Gasteiger partial charge >= 0.3 is 5.97 Å². The number of nitrogens with zero attached hydrogens (tertiary/aromatic N) is 1. The van der Waals surface area contributed by atoms with Crippen LogP contribution in [0, 0.1) is 0 Å². The third-order valence-corrected chi connectivity index (χ3v) is 3.46. The van der Waals surface area contributed by atoms with Gasteiger partial charge in [0.2, 0.25) is 0 Å². The van der Waals surface area contributed by atoms with Gasteiger partial charge in [-0.3, -0.25) is 0 Å². The number of ether oxygens (including phenoxy) is 1. The van der Waals surface area contributed by atoms with Gasteiger partial charge in [0.15, 0.2) is 5.69 Å². The molecule has 0 fully saturated rings. The summed E-state index contributed by atoms with van der Waals surface area (Å²) in [6.45, 7) is 0. The van der Waals surface area contributed by atoms with Crippen molar-refractivity contribution in [1.82, 2.24) is 4.98 Å². The highest BCUT2D eigenvalue weighted by Gasteiger charge is 2.17. The Hall–Kier alpha value is -1.29. The maximum Gasteiger partial charge on any atom is 0.358 e. The molecule has 0 atom stereocenters. The Morgan fingerprint density at radius 3 is 2.37 bits per heavy atom. The molecule has 0 amide bonds. The fraction of sp³-hybridized carbons (Fsp3) is 0.0769. The number of halogens is 3. The molecule has 1 heterocycles. The minimum atomic E-state index is -0.636. The first kappa shape index (κ1) is 14.1. The summed E-state index contributed by atoms with van der Waals surface area (Å²) >= 11 is 17.7. The number of hydrogen-bond donors (Lipinski definition) is 0. The minimum Gasteiger partial charge on any atom is -0.464 e. The van der Waals surface area contributed by atoms with Crippen LogP contribution in [0.4, 0.5) is 0 Å². The Bertz CT molecular complexity index is 627. The average molecular weight is 317 g/mol. The molecule has 1 aromatic carbocycles. The van der Waals surface area contributed by atoms with Crippen molar-refractivity contribution >= 4 is 40.8 Å². The van der Waals surface area contributed by atoms with E-state index in [1.807, 2.05) is 0 Å². The highest BCUT2D eigenvalue weighted by atomic mass is 35.5. The Balaban J connectivity index is 2.56. The van der Waals surface area contributed by atoms with Crippen molar-refractivity contribution in [3.63, 3.8) is 0 Å². The Kier molecular flexibility index (Phi) is 4.30. The first-order valence-electron chi connectivity index (χ1n) is 5.23. The molecule has 0 bridgehead atoms. The Labute approximate surface area is 125 Å². The monoisotopic (exact) mass is 315 g/mol. The van der Waals surface area contributed by atoms with E-state index in [-0.39, 0.29) is 15.7 Å². The molecule has 6 heteroatoms. The number of hydrogen-bond acceptors (Lipinski definition) is 3. The van der Waals surface area contributed by atoms with E-state index in [0.717, 1.165) is 5.56 Å². The highest BCUT2D eigenvalue weighted by molar-refractivity contribution is 6.43. The number of aromatic nitrogens is 1. The second-order valence-corrected chi connectivity index (χ2v) is 4.87. The summed E-state index contributed by atoms with van der Waals surface area (Å²) in [6, 6.07) is 8.57. The second kappa shape index (κ2) is 5.78. The van der Waals surface area contributed by atoms with Gasteiger partial charge in [0.1, 0.15) is 0 Å². The molecule has 2 aromatic rings. The number of carbonyl (C=O) groups excluding carboxylic acids is 1. The van der Waals surface area contributed by atoms with E-state index in [4.69, 9.17) is 34.8 Å². The van der Waals surface area contributed by atoms with Crippen LogP contribution in [0.2, 0.25) is 15.1 Å². The van der Waals surface area contributed by atoms with E-state index in [0.29, 0.717) is 10.7 Å². The van der Waals surface area contributed by atoms with Crippen LogP contribution in [0.15, 0.2) is 30.3 Å². The third-order valence-electron chi connectivity index (χ3n) is 2.43. The van der Waals surface area contributed by atoms with E-state index >= 15 is 0 Å². The number of benzene rings is 1. The summed E-state index contributed by atoms with van der Waals surface area (Å²) in [7, 11) is 1.25. The highest BCUT2D eigenvalue weighted by Crippen LogP contribution is 2.30. The van der Waals surface area contributed by atoms with Gasteiger partial charge in [0.25, 0.3) is 0 Å². The Morgan fingerprint density at radius 2 is 1.79 bits per heavy atom. The summed E-state index contributed by atoms with van der Waals surface area (Å²) in [5.74, 6) is -0.636. The molecule has 0 aliphatic carbocycles. The van der Waals surface area contributed by atoms with E-state index in [1.54, 1.807) is 30.3 Å². The van der Waals surface area contributed by atoms with Crippen LogP contribution in [0.1, 0.15) is 10.5 Å². The normalized spacial score (nSPS) is 10.3. The molecule has 19 heavy (non-hydrogen) atoms. The number of esters is 1. The molecule has 0 spiro atoms. The summed E-state index contributed by atoms with van der Waals surface area (Å²) in [5.41, 5.74) is 1.28. The summed E-state index contributed by atoms with van der Waals surface area (Å²) in [5, 5.41) is 0.922. The van der Waals surface area contributed by atoms with Gasteiger partial charge in [0, 0.05) is 10.6 Å². The first-order chi connectivity index (χ1) is 9.02. The zero-order valence-electron chi connectivity index (χ0n) is 9.78. The van der Waals surface area contributed by atoms with E-state index in [2.05, 4.69) is 9.72 Å². The van der Waals surface area contributed by atoms with Gasteiger partial charge in [-0.05, 0) is 18.2 Å². The molecular formula is C13H8Cl3NO2. The van der Waals surface area contributed by atoms with Crippen molar-refractivity contribution in [1.29, 1.82) is 0 Å². The first-order valence-corrected chi connectivity index (χ1v) is 6.36. The van der Waals surface area contributed by atoms with Crippen LogP contribution in [-0.4, -0.2) is 18.1 Å². The molecule has 0 aliphatic heterocycles. The van der Waals surface area contributed by atoms with Crippen LogP contribution < -0.4 is 0 Å². The zero-order chi connectivity index (χ0) is 14.0. The smallest absolute Gasteiger partial charge is 0.358 e. The van der Waals surface area contributed by atoms with Crippen molar-refractivity contribution in [2.75, 3.05) is 7.11 Å². The van der Waals surface area contributed by atoms with Gasteiger partial charge in [-0.15, -0.1) is 0 Å². The van der Waals surface area contributed by atoms with Gasteiger partial charge in [-0.1, -0.05) is 46.9 Å². The fourth-order valence-electron chi connectivity index (χ4n) is 1.50. The average Bonchev–Trinajstić information content (AvgIpc) is 2.41. The molecule has 0 saturated carbocycles. The lowest BCUT2D eigenvalue weighted by molar-refractivity contribution is 0.0594. The lowest BCUT2D eigenvalue weighted by Gasteiger charge is -2.07. The quantitative estimate of drug-likeness (QED) is 0.766. The molecule has 0 unspecified atom stereocenters. The number of methoxy groups -OCH3 is 1. The molecule has 0 radical (unpaired) electrons. The molecule has 0 saturated heterocycles. The second-order valence-electron chi connectivity index (χ2n) is 3.65. The zero-order valence-corrected chi connectivity index (χ0v) is 12.1. The third kappa shape index (κ3) is 3.00.